The first-order valence-electron chi connectivity index (χ1n) is 9.12. The molecule has 0 radical (unpaired) electrons. The van der Waals surface area contributed by atoms with E-state index in [2.05, 4.69) is 22.4 Å². The van der Waals surface area contributed by atoms with Crippen molar-refractivity contribution in [2.45, 2.75) is 44.3 Å². The molecule has 0 spiro atoms. The Kier molecular flexibility index (Phi) is 6.71. The summed E-state index contributed by atoms with van der Waals surface area (Å²) in [7, 11) is 0. The van der Waals surface area contributed by atoms with Crippen LogP contribution in [0.4, 0.5) is 5.69 Å². The number of hydrogen-bond acceptors (Lipinski definition) is 6. The summed E-state index contributed by atoms with van der Waals surface area (Å²) in [5.74, 6) is 0.992. The van der Waals surface area contributed by atoms with E-state index >= 15 is 0 Å². The molecular weight excluding hydrogens is 374 g/mol. The Bertz CT molecular complexity index is 925. The lowest BCUT2D eigenvalue weighted by molar-refractivity contribution is -0.115. The van der Waals surface area contributed by atoms with Crippen molar-refractivity contribution >= 4 is 23.4 Å². The summed E-state index contributed by atoms with van der Waals surface area (Å²) in [5, 5.41) is 10.8. The van der Waals surface area contributed by atoms with E-state index < -0.39 is 0 Å². The van der Waals surface area contributed by atoms with E-state index in [1.165, 1.54) is 17.3 Å². The lowest BCUT2D eigenvalue weighted by Gasteiger charge is -2.10. The summed E-state index contributed by atoms with van der Waals surface area (Å²) in [6.45, 7) is 6.07. The molecule has 1 amide bonds. The predicted octanol–water partition coefficient (Wildman–Crippen LogP) is 4.64. The average molecular weight is 398 g/mol. The molecule has 1 aromatic heterocycles. The third-order valence-electron chi connectivity index (χ3n) is 4.08. The topological polar surface area (TPSA) is 77.2 Å². The number of nitrogens with zero attached hydrogens (tertiary/aromatic N) is 2. The molecule has 1 atom stereocenters. The normalized spacial score (nSPS) is 11.8. The number of ether oxygens (including phenoxy) is 1. The molecule has 1 unspecified atom stereocenters. The molecule has 0 aliphatic rings. The monoisotopic (exact) mass is 397 g/mol. The van der Waals surface area contributed by atoms with Gasteiger partial charge in [0, 0.05) is 5.69 Å². The molecule has 3 rings (SSSR count). The smallest absolute Gasteiger partial charge is 0.277 e. The Morgan fingerprint density at radius 1 is 1.21 bits per heavy atom. The Morgan fingerprint density at radius 3 is 2.71 bits per heavy atom. The van der Waals surface area contributed by atoms with Crippen LogP contribution >= 0.6 is 11.8 Å². The Labute approximate surface area is 168 Å². The van der Waals surface area contributed by atoms with Gasteiger partial charge in [0.1, 0.15) is 5.75 Å². The third-order valence-corrected chi connectivity index (χ3v) is 5.01. The van der Waals surface area contributed by atoms with Crippen molar-refractivity contribution < 1.29 is 13.9 Å². The molecule has 0 aliphatic carbocycles. The fourth-order valence-electron chi connectivity index (χ4n) is 2.47. The predicted molar refractivity (Wildman–Crippen MR) is 110 cm³/mol. The highest BCUT2D eigenvalue weighted by Crippen LogP contribution is 2.24. The number of aromatic nitrogens is 2. The molecule has 1 N–H and O–H groups in total. The number of benzene rings is 2. The lowest BCUT2D eigenvalue weighted by atomic mass is 10.1. The van der Waals surface area contributed by atoms with Crippen LogP contribution in [0.25, 0.3) is 0 Å². The number of nitrogens with one attached hydrogen (secondary N) is 1. The molecule has 146 valence electrons. The zero-order chi connectivity index (χ0) is 19.9. The maximum atomic E-state index is 12.4. The van der Waals surface area contributed by atoms with Crippen molar-refractivity contribution in [3.05, 3.63) is 65.5 Å². The van der Waals surface area contributed by atoms with E-state index in [1.54, 1.807) is 6.92 Å². The summed E-state index contributed by atoms with van der Waals surface area (Å²) >= 11 is 1.22. The van der Waals surface area contributed by atoms with Crippen molar-refractivity contribution in [2.24, 2.45) is 0 Å². The first kappa shape index (κ1) is 19.9. The van der Waals surface area contributed by atoms with Crippen LogP contribution in [0, 0.1) is 6.92 Å². The van der Waals surface area contributed by atoms with Crippen LogP contribution in [0.2, 0.25) is 0 Å². The van der Waals surface area contributed by atoms with Crippen LogP contribution in [-0.4, -0.2) is 21.4 Å². The van der Waals surface area contributed by atoms with Gasteiger partial charge in [0.05, 0.1) is 5.25 Å². The number of hydrogen-bond donors (Lipinski definition) is 1. The van der Waals surface area contributed by atoms with Crippen LogP contribution in [-0.2, 0) is 17.8 Å². The highest BCUT2D eigenvalue weighted by molar-refractivity contribution is 8.00. The van der Waals surface area contributed by atoms with E-state index in [9.17, 15) is 4.79 Å². The summed E-state index contributed by atoms with van der Waals surface area (Å²) < 4.78 is 11.2. The van der Waals surface area contributed by atoms with Crippen molar-refractivity contribution in [3.63, 3.8) is 0 Å². The van der Waals surface area contributed by atoms with Gasteiger partial charge >= 0.3 is 0 Å². The largest absolute Gasteiger partial charge is 0.484 e. The van der Waals surface area contributed by atoms with Crippen molar-refractivity contribution in [1.82, 2.24) is 10.2 Å². The van der Waals surface area contributed by atoms with Crippen LogP contribution in [0.1, 0.15) is 30.9 Å². The summed E-state index contributed by atoms with van der Waals surface area (Å²) in [5.41, 5.74) is 3.11. The van der Waals surface area contributed by atoms with Crippen LogP contribution in [0.5, 0.6) is 5.75 Å². The van der Waals surface area contributed by atoms with Gasteiger partial charge in [-0.3, -0.25) is 4.79 Å². The van der Waals surface area contributed by atoms with Gasteiger partial charge in [0.25, 0.3) is 11.1 Å². The first-order valence-corrected chi connectivity index (χ1v) is 9.99. The zero-order valence-electron chi connectivity index (χ0n) is 16.1. The summed E-state index contributed by atoms with van der Waals surface area (Å²) in [6, 6.07) is 15.6. The van der Waals surface area contributed by atoms with Crippen LogP contribution in [0.15, 0.2) is 58.2 Å². The fourth-order valence-corrected chi connectivity index (χ4v) is 3.17. The Morgan fingerprint density at radius 2 is 2.00 bits per heavy atom. The van der Waals surface area contributed by atoms with Crippen LogP contribution < -0.4 is 10.1 Å². The maximum absolute atomic E-state index is 12.4. The highest BCUT2D eigenvalue weighted by atomic mass is 32.2. The number of carbonyl (C=O) groups excluding carboxylic acids is 1. The summed E-state index contributed by atoms with van der Waals surface area (Å²) in [4.78, 5) is 12.4. The molecule has 3 aromatic rings. The van der Waals surface area contributed by atoms with E-state index in [0.717, 1.165) is 23.4 Å². The van der Waals surface area contributed by atoms with Crippen molar-refractivity contribution in [2.75, 3.05) is 5.32 Å². The molecule has 0 fully saturated rings. The SMILES string of the molecule is CCc1ccc(NC(=O)C(C)Sc2nnc(COc3cccc(C)c3)o2)cc1. The van der Waals surface area contributed by atoms with Gasteiger partial charge in [-0.25, -0.2) is 0 Å². The number of carbonyl (C=O) groups is 1. The second-order valence-electron chi connectivity index (χ2n) is 6.37. The van der Waals surface area contributed by atoms with E-state index in [1.807, 2.05) is 55.5 Å². The van der Waals surface area contributed by atoms with Gasteiger partial charge in [-0.05, 0) is 55.7 Å². The minimum absolute atomic E-state index is 0.120. The third kappa shape index (κ3) is 5.60. The Hall–Kier alpha value is -2.80. The summed E-state index contributed by atoms with van der Waals surface area (Å²) in [6.07, 6.45) is 0.966. The standard InChI is InChI=1S/C21H23N3O3S/c1-4-16-8-10-17(11-9-16)22-20(25)15(3)28-21-24-23-19(27-21)13-26-18-7-5-6-14(2)12-18/h5-12,15H,4,13H2,1-3H3,(H,22,25). The minimum Gasteiger partial charge on any atom is -0.484 e. The second-order valence-corrected chi connectivity index (χ2v) is 7.66. The molecule has 1 heterocycles. The highest BCUT2D eigenvalue weighted by Gasteiger charge is 2.18. The molecule has 0 saturated heterocycles. The molecule has 7 heteroatoms. The molecular formula is C21H23N3O3S. The van der Waals surface area contributed by atoms with Crippen LogP contribution in [0.3, 0.4) is 0 Å². The molecule has 0 aliphatic heterocycles. The van der Waals surface area contributed by atoms with Crippen molar-refractivity contribution in [3.8, 4) is 5.75 Å². The van der Waals surface area contributed by atoms with Gasteiger partial charge in [0.2, 0.25) is 5.91 Å². The lowest BCUT2D eigenvalue weighted by Crippen LogP contribution is -2.22. The van der Waals surface area contributed by atoms with Gasteiger partial charge in [0.15, 0.2) is 6.61 Å². The minimum atomic E-state index is -0.378. The molecule has 0 saturated carbocycles. The van der Waals surface area contributed by atoms with Gasteiger partial charge < -0.3 is 14.5 Å². The number of amides is 1. The van der Waals surface area contributed by atoms with Crippen molar-refractivity contribution in [1.29, 1.82) is 0 Å². The molecule has 2 aromatic carbocycles. The number of aryl methyl sites for hydroxylation is 2. The quantitative estimate of drug-likeness (QED) is 0.558. The first-order chi connectivity index (χ1) is 13.5. The van der Waals surface area contributed by atoms with E-state index in [4.69, 9.17) is 9.15 Å². The average Bonchev–Trinajstić information content (AvgIpc) is 3.14. The fraction of sp³-hybridized carbons (Fsp3) is 0.286. The number of rotatable bonds is 8. The molecule has 28 heavy (non-hydrogen) atoms. The van der Waals surface area contributed by atoms with E-state index in [0.29, 0.717) is 11.1 Å². The number of anilines is 1. The molecule has 0 bridgehead atoms. The number of thioether (sulfide) groups is 1. The van der Waals surface area contributed by atoms with Gasteiger partial charge in [-0.1, -0.05) is 43.0 Å². The Balaban J connectivity index is 1.51. The zero-order valence-corrected chi connectivity index (χ0v) is 17.0. The van der Waals surface area contributed by atoms with Gasteiger partial charge in [-0.2, -0.15) is 0 Å². The van der Waals surface area contributed by atoms with E-state index in [-0.39, 0.29) is 17.8 Å². The maximum Gasteiger partial charge on any atom is 0.277 e. The van der Waals surface area contributed by atoms with Gasteiger partial charge in [-0.15, -0.1) is 10.2 Å². The molecule has 6 nitrogen and oxygen atoms in total. The second kappa shape index (κ2) is 9.41.